The normalized spacial score (nSPS) is 13.8. The maximum atomic E-state index is 13.6. The lowest BCUT2D eigenvalue weighted by Gasteiger charge is -2.24. The van der Waals surface area contributed by atoms with Crippen molar-refractivity contribution in [1.82, 2.24) is 29.2 Å². The first kappa shape index (κ1) is 26.6. The summed E-state index contributed by atoms with van der Waals surface area (Å²) in [6.07, 6.45) is 9.66. The number of carbonyl (C=O) groups excluding carboxylic acids is 1. The highest BCUT2D eigenvalue weighted by molar-refractivity contribution is 5.94. The molecule has 1 aliphatic heterocycles. The summed E-state index contributed by atoms with van der Waals surface area (Å²) in [5.41, 5.74) is 2.06. The summed E-state index contributed by atoms with van der Waals surface area (Å²) in [6.45, 7) is 13.2. The van der Waals surface area contributed by atoms with Crippen molar-refractivity contribution in [2.75, 3.05) is 38.0 Å². The topological polar surface area (TPSA) is 78.7 Å². The SMILES string of the molecule is CC(C)CCN(CCC(C)C)C(=O)c1ccc2nc(Nc3ncccn3)c(C#CCN3CCCC3)n2c1. The van der Waals surface area contributed by atoms with Gasteiger partial charge in [0.15, 0.2) is 5.82 Å². The molecule has 4 rings (SSSR count). The van der Waals surface area contributed by atoms with E-state index in [4.69, 9.17) is 4.98 Å². The third-order valence-corrected chi connectivity index (χ3v) is 6.61. The van der Waals surface area contributed by atoms with Gasteiger partial charge in [-0.3, -0.25) is 14.1 Å². The Hall–Kier alpha value is -3.44. The van der Waals surface area contributed by atoms with Gasteiger partial charge in [0.25, 0.3) is 5.91 Å². The zero-order valence-corrected chi connectivity index (χ0v) is 22.6. The second-order valence-corrected chi connectivity index (χ2v) is 10.6. The number of nitrogens with one attached hydrogen (secondary N) is 1. The number of nitrogens with zero attached hydrogens (tertiary/aromatic N) is 6. The fourth-order valence-electron chi connectivity index (χ4n) is 4.35. The van der Waals surface area contributed by atoms with Crippen molar-refractivity contribution in [2.45, 2.75) is 53.4 Å². The Morgan fingerprint density at radius 1 is 1.05 bits per heavy atom. The van der Waals surface area contributed by atoms with E-state index in [0.717, 1.165) is 44.7 Å². The van der Waals surface area contributed by atoms with E-state index in [0.29, 0.717) is 41.4 Å². The van der Waals surface area contributed by atoms with Gasteiger partial charge in [-0.1, -0.05) is 33.6 Å². The van der Waals surface area contributed by atoms with E-state index in [-0.39, 0.29) is 5.91 Å². The van der Waals surface area contributed by atoms with Crippen molar-refractivity contribution in [2.24, 2.45) is 11.8 Å². The van der Waals surface area contributed by atoms with Gasteiger partial charge in [0.1, 0.15) is 11.3 Å². The van der Waals surface area contributed by atoms with Crippen LogP contribution in [0.25, 0.3) is 5.65 Å². The number of hydrogen-bond donors (Lipinski definition) is 1. The largest absolute Gasteiger partial charge is 0.339 e. The molecule has 0 bridgehead atoms. The third-order valence-electron chi connectivity index (χ3n) is 6.61. The summed E-state index contributed by atoms with van der Waals surface area (Å²) in [5.74, 6) is 8.82. The average Bonchev–Trinajstić information content (AvgIpc) is 3.52. The van der Waals surface area contributed by atoms with Gasteiger partial charge in [-0.2, -0.15) is 0 Å². The minimum Gasteiger partial charge on any atom is -0.339 e. The molecule has 196 valence electrons. The molecular formula is C29H39N7O. The Morgan fingerprint density at radius 3 is 2.38 bits per heavy atom. The van der Waals surface area contributed by atoms with Crippen LogP contribution in [0.4, 0.5) is 11.8 Å². The molecule has 4 heterocycles. The molecule has 8 nitrogen and oxygen atoms in total. The molecule has 1 N–H and O–H groups in total. The Balaban J connectivity index is 1.66. The highest BCUT2D eigenvalue weighted by Gasteiger charge is 2.19. The van der Waals surface area contributed by atoms with E-state index < -0.39 is 0 Å². The Kier molecular flexibility index (Phi) is 9.13. The summed E-state index contributed by atoms with van der Waals surface area (Å²) in [4.78, 5) is 31.3. The second-order valence-electron chi connectivity index (χ2n) is 10.6. The Labute approximate surface area is 220 Å². The van der Waals surface area contributed by atoms with Crippen molar-refractivity contribution >= 4 is 23.3 Å². The molecule has 0 unspecified atom stereocenters. The molecule has 1 saturated heterocycles. The Bertz CT molecular complexity index is 1220. The van der Waals surface area contributed by atoms with Crippen molar-refractivity contribution in [3.05, 3.63) is 48.0 Å². The van der Waals surface area contributed by atoms with E-state index in [1.165, 1.54) is 12.8 Å². The molecule has 0 saturated carbocycles. The van der Waals surface area contributed by atoms with E-state index in [2.05, 4.69) is 59.7 Å². The highest BCUT2D eigenvalue weighted by Crippen LogP contribution is 2.21. The van der Waals surface area contributed by atoms with E-state index in [1.54, 1.807) is 18.5 Å². The number of aromatic nitrogens is 4. The van der Waals surface area contributed by atoms with Crippen molar-refractivity contribution < 1.29 is 4.79 Å². The zero-order valence-electron chi connectivity index (χ0n) is 22.6. The molecule has 3 aromatic heterocycles. The van der Waals surface area contributed by atoms with Gasteiger partial charge in [0.05, 0.1) is 12.1 Å². The molecule has 0 spiro atoms. The van der Waals surface area contributed by atoms with Gasteiger partial charge in [-0.05, 0) is 74.7 Å². The monoisotopic (exact) mass is 501 g/mol. The minimum absolute atomic E-state index is 0.0498. The number of pyridine rings is 1. The molecule has 0 aromatic carbocycles. The maximum absolute atomic E-state index is 13.6. The lowest BCUT2D eigenvalue weighted by atomic mass is 10.1. The standard InChI is InChI=1S/C29H39N7O/c1-22(2)12-19-35(20-13-23(3)4)28(37)24-10-11-26-32-27(33-29-30-14-8-15-31-29)25(36(26)21-24)9-7-18-34-16-5-6-17-34/h8,10-11,14-15,21-23H,5-6,12-13,16-20H2,1-4H3,(H,30,31,33). The van der Waals surface area contributed by atoms with Gasteiger partial charge in [0, 0.05) is 31.7 Å². The van der Waals surface area contributed by atoms with Crippen LogP contribution in [0.3, 0.4) is 0 Å². The summed E-state index contributed by atoms with van der Waals surface area (Å²) in [5, 5.41) is 3.21. The van der Waals surface area contributed by atoms with Crippen LogP contribution < -0.4 is 5.32 Å². The molecule has 3 aromatic rings. The molecule has 1 aliphatic rings. The van der Waals surface area contributed by atoms with Crippen LogP contribution in [0.15, 0.2) is 36.8 Å². The number of amides is 1. The third kappa shape index (κ3) is 7.30. The number of fused-ring (bicyclic) bond motifs is 1. The summed E-state index contributed by atoms with van der Waals surface area (Å²) in [6, 6.07) is 5.53. The van der Waals surface area contributed by atoms with Gasteiger partial charge in [-0.15, -0.1) is 0 Å². The number of imidazole rings is 1. The van der Waals surface area contributed by atoms with Crippen LogP contribution in [-0.2, 0) is 0 Å². The molecule has 37 heavy (non-hydrogen) atoms. The smallest absolute Gasteiger partial charge is 0.255 e. The second kappa shape index (κ2) is 12.7. The fourth-order valence-corrected chi connectivity index (χ4v) is 4.35. The number of carbonyl (C=O) groups is 1. The van der Waals surface area contributed by atoms with Crippen LogP contribution in [-0.4, -0.2) is 67.8 Å². The summed E-state index contributed by atoms with van der Waals surface area (Å²) in [7, 11) is 0. The summed E-state index contributed by atoms with van der Waals surface area (Å²) >= 11 is 0. The lowest BCUT2D eigenvalue weighted by molar-refractivity contribution is 0.0740. The van der Waals surface area contributed by atoms with E-state index in [1.807, 2.05) is 27.6 Å². The van der Waals surface area contributed by atoms with Crippen molar-refractivity contribution in [3.63, 3.8) is 0 Å². The van der Waals surface area contributed by atoms with Crippen molar-refractivity contribution in [3.8, 4) is 11.8 Å². The zero-order chi connectivity index (χ0) is 26.2. The maximum Gasteiger partial charge on any atom is 0.255 e. The number of hydrogen-bond acceptors (Lipinski definition) is 6. The highest BCUT2D eigenvalue weighted by atomic mass is 16.2. The van der Waals surface area contributed by atoms with E-state index in [9.17, 15) is 4.79 Å². The molecular weight excluding hydrogens is 462 g/mol. The minimum atomic E-state index is 0.0498. The van der Waals surface area contributed by atoms with Gasteiger partial charge in [-0.25, -0.2) is 15.0 Å². The summed E-state index contributed by atoms with van der Waals surface area (Å²) < 4.78 is 1.92. The van der Waals surface area contributed by atoms with Gasteiger partial charge in [0.2, 0.25) is 5.95 Å². The number of likely N-dealkylation sites (tertiary alicyclic amines) is 1. The first-order valence-electron chi connectivity index (χ1n) is 13.5. The van der Waals surface area contributed by atoms with E-state index >= 15 is 0 Å². The van der Waals surface area contributed by atoms with Gasteiger partial charge >= 0.3 is 0 Å². The van der Waals surface area contributed by atoms with Crippen LogP contribution >= 0.6 is 0 Å². The average molecular weight is 502 g/mol. The van der Waals surface area contributed by atoms with Crippen LogP contribution in [0.2, 0.25) is 0 Å². The molecule has 1 fully saturated rings. The fraction of sp³-hybridized carbons (Fsp3) is 0.517. The Morgan fingerprint density at radius 2 is 1.73 bits per heavy atom. The number of anilines is 2. The molecule has 0 radical (unpaired) electrons. The van der Waals surface area contributed by atoms with Crippen LogP contribution in [0.1, 0.15) is 69.4 Å². The molecule has 1 amide bonds. The molecule has 8 heteroatoms. The first-order valence-corrected chi connectivity index (χ1v) is 13.5. The quantitative estimate of drug-likeness (QED) is 0.400. The lowest BCUT2D eigenvalue weighted by Crippen LogP contribution is -2.34. The van der Waals surface area contributed by atoms with Gasteiger partial charge < -0.3 is 10.2 Å². The molecule has 0 aliphatic carbocycles. The van der Waals surface area contributed by atoms with Crippen LogP contribution in [0.5, 0.6) is 0 Å². The van der Waals surface area contributed by atoms with Crippen LogP contribution in [0, 0.1) is 23.7 Å². The predicted molar refractivity (Wildman–Crippen MR) is 148 cm³/mol. The number of rotatable bonds is 10. The predicted octanol–water partition coefficient (Wildman–Crippen LogP) is 4.85. The molecule has 0 atom stereocenters. The van der Waals surface area contributed by atoms with Crippen molar-refractivity contribution in [1.29, 1.82) is 0 Å². The first-order chi connectivity index (χ1) is 17.9.